The Morgan fingerprint density at radius 1 is 0.550 bits per heavy atom. The highest BCUT2D eigenvalue weighted by Crippen LogP contribution is 2.17. The van der Waals surface area contributed by atoms with Crippen LogP contribution in [0.2, 0.25) is 0 Å². The van der Waals surface area contributed by atoms with E-state index in [0.29, 0.717) is 12.8 Å². The van der Waals surface area contributed by atoms with Crippen molar-refractivity contribution in [3.63, 3.8) is 0 Å². The van der Waals surface area contributed by atoms with Crippen molar-refractivity contribution in [2.24, 2.45) is 0 Å². The minimum Gasteiger partial charge on any atom is -0.481 e. The van der Waals surface area contributed by atoms with Crippen molar-refractivity contribution in [2.45, 2.75) is 193 Å². The molecule has 1 unspecified atom stereocenters. The Balaban J connectivity index is 3.75. The maximum absolute atomic E-state index is 12.4. The number of aliphatic carboxylic acids is 1. The summed E-state index contributed by atoms with van der Waals surface area (Å²) in [4.78, 5) is 23.4. The van der Waals surface area contributed by atoms with Crippen LogP contribution in [0.4, 0.5) is 0 Å². The van der Waals surface area contributed by atoms with Crippen LogP contribution in [0.25, 0.3) is 0 Å². The zero-order valence-corrected chi connectivity index (χ0v) is 26.7. The summed E-state index contributed by atoms with van der Waals surface area (Å²) < 4.78 is 5.70. The van der Waals surface area contributed by atoms with Gasteiger partial charge in [0.25, 0.3) is 0 Å². The highest BCUT2D eigenvalue weighted by Gasteiger charge is 2.15. The van der Waals surface area contributed by atoms with Crippen molar-refractivity contribution in [1.82, 2.24) is 0 Å². The maximum atomic E-state index is 12.4. The van der Waals surface area contributed by atoms with E-state index in [1.807, 2.05) is 0 Å². The molecule has 0 aromatic heterocycles. The van der Waals surface area contributed by atoms with E-state index >= 15 is 0 Å². The lowest BCUT2D eigenvalue weighted by atomic mass is 10.0. The van der Waals surface area contributed by atoms with Gasteiger partial charge in [-0.25, -0.2) is 0 Å². The Hall–Kier alpha value is -1.58. The molecule has 0 aromatic carbocycles. The highest BCUT2D eigenvalue weighted by molar-refractivity contribution is 5.69. The average Bonchev–Trinajstić information content (AvgIpc) is 2.94. The van der Waals surface area contributed by atoms with E-state index in [0.717, 1.165) is 38.5 Å². The molecule has 40 heavy (non-hydrogen) atoms. The second-order valence-electron chi connectivity index (χ2n) is 11.7. The Kier molecular flexibility index (Phi) is 30.7. The molecule has 0 heterocycles. The van der Waals surface area contributed by atoms with Crippen LogP contribution in [0.5, 0.6) is 0 Å². The van der Waals surface area contributed by atoms with Gasteiger partial charge in [-0.15, -0.1) is 0 Å². The first-order valence-corrected chi connectivity index (χ1v) is 17.3. The zero-order valence-electron chi connectivity index (χ0n) is 26.7. The molecule has 0 aromatic rings. The molecular weight excluding hydrogens is 496 g/mol. The fraction of sp³-hybridized carbons (Fsp3) is 0.833. The maximum Gasteiger partial charge on any atom is 0.306 e. The van der Waals surface area contributed by atoms with Gasteiger partial charge in [-0.3, -0.25) is 9.59 Å². The molecule has 0 rings (SSSR count). The fourth-order valence-electron chi connectivity index (χ4n) is 5.09. The molecule has 0 aliphatic carbocycles. The number of ether oxygens (including phenoxy) is 1. The number of hydrogen-bond donors (Lipinski definition) is 1. The third-order valence-corrected chi connectivity index (χ3v) is 7.69. The number of hydrogen-bond acceptors (Lipinski definition) is 3. The first-order valence-electron chi connectivity index (χ1n) is 17.3. The lowest BCUT2D eigenvalue weighted by Gasteiger charge is -2.17. The van der Waals surface area contributed by atoms with Gasteiger partial charge in [-0.1, -0.05) is 141 Å². The third kappa shape index (κ3) is 31.0. The van der Waals surface area contributed by atoms with Crippen LogP contribution < -0.4 is 0 Å². The van der Waals surface area contributed by atoms with Gasteiger partial charge in [-0.05, 0) is 57.8 Å². The summed E-state index contributed by atoms with van der Waals surface area (Å²) in [5, 5.41) is 9.06. The molecule has 0 saturated heterocycles. The number of unbranched alkanes of at least 4 members (excludes halogenated alkanes) is 19. The van der Waals surface area contributed by atoms with E-state index in [1.54, 1.807) is 0 Å². The van der Waals surface area contributed by atoms with Crippen molar-refractivity contribution in [2.75, 3.05) is 0 Å². The molecule has 1 atom stereocenters. The minimum atomic E-state index is -0.814. The molecular formula is C36H66O4. The Morgan fingerprint density at radius 3 is 1.55 bits per heavy atom. The van der Waals surface area contributed by atoms with Gasteiger partial charge in [0.1, 0.15) is 6.10 Å². The van der Waals surface area contributed by atoms with Crippen molar-refractivity contribution < 1.29 is 19.4 Å². The molecule has 0 saturated carbocycles. The summed E-state index contributed by atoms with van der Waals surface area (Å²) in [7, 11) is 0. The van der Waals surface area contributed by atoms with Crippen LogP contribution in [-0.2, 0) is 14.3 Å². The molecule has 0 spiro atoms. The van der Waals surface area contributed by atoms with Gasteiger partial charge in [0.15, 0.2) is 0 Å². The smallest absolute Gasteiger partial charge is 0.306 e. The number of carbonyl (C=O) groups is 2. The topological polar surface area (TPSA) is 63.6 Å². The molecule has 4 nitrogen and oxygen atoms in total. The van der Waals surface area contributed by atoms with E-state index in [4.69, 9.17) is 9.84 Å². The summed E-state index contributed by atoms with van der Waals surface area (Å²) in [5.41, 5.74) is 0. The molecule has 0 aliphatic heterocycles. The predicted octanol–water partition coefficient (Wildman–Crippen LogP) is 11.7. The number of carbonyl (C=O) groups excluding carboxylic acids is 1. The number of rotatable bonds is 31. The van der Waals surface area contributed by atoms with Crippen LogP contribution in [0.3, 0.4) is 0 Å². The molecule has 0 bridgehead atoms. The van der Waals surface area contributed by atoms with Crippen molar-refractivity contribution in [1.29, 1.82) is 0 Å². The van der Waals surface area contributed by atoms with Crippen LogP contribution in [0.15, 0.2) is 24.3 Å². The van der Waals surface area contributed by atoms with Crippen LogP contribution >= 0.6 is 0 Å². The molecule has 0 aliphatic rings. The lowest BCUT2D eigenvalue weighted by Crippen LogP contribution is -2.19. The summed E-state index contributed by atoms with van der Waals surface area (Å²) >= 11 is 0. The monoisotopic (exact) mass is 562 g/mol. The van der Waals surface area contributed by atoms with Gasteiger partial charge in [-0.2, -0.15) is 0 Å². The first kappa shape index (κ1) is 38.4. The number of carboxylic acids is 1. The normalized spacial score (nSPS) is 12.4. The molecule has 0 amide bonds. The van der Waals surface area contributed by atoms with Gasteiger partial charge in [0, 0.05) is 12.8 Å². The zero-order chi connectivity index (χ0) is 29.4. The van der Waals surface area contributed by atoms with Gasteiger partial charge in [0.2, 0.25) is 0 Å². The average molecular weight is 563 g/mol. The second kappa shape index (κ2) is 31.9. The summed E-state index contributed by atoms with van der Waals surface area (Å²) in [6.45, 7) is 4.50. The standard InChI is InChI=1S/C36H66O4/c1-3-5-7-9-11-13-15-16-17-18-19-20-21-23-25-27-29-31-36(39)40-34(32-33-35(37)38)30-28-26-24-22-14-12-10-8-6-4-2/h11,13,16-17,34H,3-10,12,14-15,18-33H2,1-2H3,(H,37,38)/b13-11-,17-16-. The summed E-state index contributed by atoms with van der Waals surface area (Å²) in [5.74, 6) is -0.962. The van der Waals surface area contributed by atoms with Gasteiger partial charge < -0.3 is 9.84 Å². The summed E-state index contributed by atoms with van der Waals surface area (Å²) in [6.07, 6.45) is 39.0. The quantitative estimate of drug-likeness (QED) is 0.0518. The molecule has 4 heteroatoms. The fourth-order valence-corrected chi connectivity index (χ4v) is 5.09. The number of carboxylic acid groups (broad SMARTS) is 1. The molecule has 234 valence electrons. The largest absolute Gasteiger partial charge is 0.481 e. The summed E-state index contributed by atoms with van der Waals surface area (Å²) in [6, 6.07) is 0. The number of esters is 1. The minimum absolute atomic E-state index is 0.0711. The van der Waals surface area contributed by atoms with E-state index in [9.17, 15) is 9.59 Å². The Labute approximate surface area is 248 Å². The Bertz CT molecular complexity index is 610. The third-order valence-electron chi connectivity index (χ3n) is 7.69. The van der Waals surface area contributed by atoms with E-state index in [2.05, 4.69) is 38.2 Å². The van der Waals surface area contributed by atoms with Crippen LogP contribution in [0.1, 0.15) is 187 Å². The van der Waals surface area contributed by atoms with Crippen LogP contribution in [-0.4, -0.2) is 23.1 Å². The second-order valence-corrected chi connectivity index (χ2v) is 11.7. The van der Waals surface area contributed by atoms with Gasteiger partial charge in [0.05, 0.1) is 0 Å². The van der Waals surface area contributed by atoms with Gasteiger partial charge >= 0.3 is 11.9 Å². The van der Waals surface area contributed by atoms with Crippen LogP contribution in [0, 0.1) is 0 Å². The number of allylic oxidation sites excluding steroid dienone is 4. The van der Waals surface area contributed by atoms with Crippen molar-refractivity contribution >= 4 is 11.9 Å². The SMILES string of the molecule is CCCCC/C=C\C/C=C\CCCCCCCCCC(=O)OC(CCCCCCCCCCCC)CCC(=O)O. The first-order chi connectivity index (χ1) is 19.6. The van der Waals surface area contributed by atoms with Crippen molar-refractivity contribution in [3.8, 4) is 0 Å². The molecule has 0 fully saturated rings. The highest BCUT2D eigenvalue weighted by atomic mass is 16.5. The molecule has 0 radical (unpaired) electrons. The van der Waals surface area contributed by atoms with E-state index in [-0.39, 0.29) is 18.5 Å². The van der Waals surface area contributed by atoms with E-state index in [1.165, 1.54) is 116 Å². The lowest BCUT2D eigenvalue weighted by molar-refractivity contribution is -0.151. The van der Waals surface area contributed by atoms with Crippen molar-refractivity contribution in [3.05, 3.63) is 24.3 Å². The van der Waals surface area contributed by atoms with E-state index < -0.39 is 5.97 Å². The molecule has 1 N–H and O–H groups in total. The predicted molar refractivity (Wildman–Crippen MR) is 172 cm³/mol. The Morgan fingerprint density at radius 2 is 1.00 bits per heavy atom.